The van der Waals surface area contributed by atoms with Crippen LogP contribution in [-0.2, 0) is 4.79 Å². The van der Waals surface area contributed by atoms with E-state index in [9.17, 15) is 4.79 Å². The average molecular weight is 161 g/mol. The van der Waals surface area contributed by atoms with Crippen LogP contribution in [0.5, 0.6) is 0 Å². The van der Waals surface area contributed by atoms with Crippen molar-refractivity contribution in [3.8, 4) is 0 Å². The molecule has 0 spiro atoms. The van der Waals surface area contributed by atoms with Gasteiger partial charge in [0.2, 0.25) is 0 Å². The zero-order chi connectivity index (χ0) is 8.20. The molecule has 2 heteroatoms. The van der Waals surface area contributed by atoms with Crippen LogP contribution in [0.15, 0.2) is 12.7 Å². The van der Waals surface area contributed by atoms with E-state index in [0.29, 0.717) is 6.42 Å². The fourth-order valence-corrected chi connectivity index (χ4v) is 0.722. The van der Waals surface area contributed by atoms with Crippen molar-refractivity contribution in [3.05, 3.63) is 12.7 Å². The Hall–Kier alpha value is -0.300. The number of carbonyl (C=O) groups excluding carboxylic acids is 1. The first kappa shape index (κ1) is 9.70. The lowest BCUT2D eigenvalue weighted by Gasteiger charge is -2.16. The Balaban J connectivity index is 3.88. The van der Waals surface area contributed by atoms with E-state index in [2.05, 4.69) is 6.58 Å². The van der Waals surface area contributed by atoms with Crippen LogP contribution in [0, 0.1) is 5.41 Å². The normalized spacial score (nSPS) is 11.1. The summed E-state index contributed by atoms with van der Waals surface area (Å²) in [6.07, 6.45) is 2.26. The number of hydrogen-bond donors (Lipinski definition) is 0. The second kappa shape index (κ2) is 3.77. The molecule has 0 radical (unpaired) electrons. The summed E-state index contributed by atoms with van der Waals surface area (Å²) in [5.41, 5.74) is -0.105. The zero-order valence-electron chi connectivity index (χ0n) is 6.48. The maximum absolute atomic E-state index is 10.8. The van der Waals surface area contributed by atoms with Gasteiger partial charge < -0.3 is 0 Å². The standard InChI is InChI=1S/C8H13ClO/c1-4-8(2,3)5-7(10)6-9/h4H,1,5-6H2,2-3H3. The third kappa shape index (κ3) is 3.67. The van der Waals surface area contributed by atoms with Crippen LogP contribution in [-0.4, -0.2) is 11.7 Å². The number of rotatable bonds is 4. The highest BCUT2D eigenvalue weighted by molar-refractivity contribution is 6.27. The predicted molar refractivity (Wildman–Crippen MR) is 44.3 cm³/mol. The number of carbonyl (C=O) groups is 1. The maximum Gasteiger partial charge on any atom is 0.148 e. The van der Waals surface area contributed by atoms with Gasteiger partial charge in [-0.05, 0) is 5.41 Å². The number of halogens is 1. The Labute approximate surface area is 67.1 Å². The van der Waals surface area contributed by atoms with Crippen molar-refractivity contribution >= 4 is 17.4 Å². The summed E-state index contributed by atoms with van der Waals surface area (Å²) < 4.78 is 0. The van der Waals surface area contributed by atoms with E-state index in [1.165, 1.54) is 0 Å². The first-order chi connectivity index (χ1) is 4.52. The lowest BCUT2D eigenvalue weighted by Crippen LogP contribution is -2.14. The summed E-state index contributed by atoms with van der Waals surface area (Å²) in [6, 6.07) is 0. The van der Waals surface area contributed by atoms with Gasteiger partial charge in [-0.3, -0.25) is 4.79 Å². The van der Waals surface area contributed by atoms with Crippen molar-refractivity contribution in [2.24, 2.45) is 5.41 Å². The molecule has 0 heterocycles. The van der Waals surface area contributed by atoms with Crippen molar-refractivity contribution in [2.45, 2.75) is 20.3 Å². The molecule has 0 aliphatic heterocycles. The van der Waals surface area contributed by atoms with Gasteiger partial charge in [-0.15, -0.1) is 18.2 Å². The summed E-state index contributed by atoms with van der Waals surface area (Å²) in [4.78, 5) is 10.8. The van der Waals surface area contributed by atoms with Crippen molar-refractivity contribution in [1.29, 1.82) is 0 Å². The van der Waals surface area contributed by atoms with E-state index in [0.717, 1.165) is 0 Å². The van der Waals surface area contributed by atoms with E-state index in [1.807, 2.05) is 13.8 Å². The number of hydrogen-bond acceptors (Lipinski definition) is 1. The monoisotopic (exact) mass is 160 g/mol. The molecule has 1 nitrogen and oxygen atoms in total. The van der Waals surface area contributed by atoms with Gasteiger partial charge in [0.05, 0.1) is 5.88 Å². The molecule has 10 heavy (non-hydrogen) atoms. The summed E-state index contributed by atoms with van der Waals surface area (Å²) in [6.45, 7) is 7.55. The van der Waals surface area contributed by atoms with Gasteiger partial charge in [-0.2, -0.15) is 0 Å². The predicted octanol–water partition coefficient (Wildman–Crippen LogP) is 2.40. The molecule has 0 amide bonds. The van der Waals surface area contributed by atoms with Gasteiger partial charge in [0.25, 0.3) is 0 Å². The summed E-state index contributed by atoms with van der Waals surface area (Å²) in [5.74, 6) is 0.184. The fraction of sp³-hybridized carbons (Fsp3) is 0.625. The van der Waals surface area contributed by atoms with Crippen LogP contribution < -0.4 is 0 Å². The van der Waals surface area contributed by atoms with Crippen LogP contribution in [0.3, 0.4) is 0 Å². The van der Waals surface area contributed by atoms with Gasteiger partial charge in [0, 0.05) is 6.42 Å². The summed E-state index contributed by atoms with van der Waals surface area (Å²) in [7, 11) is 0. The van der Waals surface area contributed by atoms with E-state index < -0.39 is 0 Å². The second-order valence-electron chi connectivity index (χ2n) is 3.04. The second-order valence-corrected chi connectivity index (χ2v) is 3.31. The van der Waals surface area contributed by atoms with Crippen molar-refractivity contribution in [3.63, 3.8) is 0 Å². The molecular formula is C8H13ClO. The molecule has 0 aliphatic carbocycles. The van der Waals surface area contributed by atoms with Gasteiger partial charge >= 0.3 is 0 Å². The maximum atomic E-state index is 10.8. The third-order valence-electron chi connectivity index (χ3n) is 1.35. The van der Waals surface area contributed by atoms with Crippen LogP contribution >= 0.6 is 11.6 Å². The molecule has 0 N–H and O–H groups in total. The molecule has 0 rings (SSSR count). The molecule has 0 unspecified atom stereocenters. The van der Waals surface area contributed by atoms with Crippen LogP contribution in [0.4, 0.5) is 0 Å². The smallest absolute Gasteiger partial charge is 0.148 e. The average Bonchev–Trinajstić information content (AvgIpc) is 1.87. The highest BCUT2D eigenvalue weighted by Crippen LogP contribution is 2.21. The molecule has 0 aromatic heterocycles. The van der Waals surface area contributed by atoms with Crippen molar-refractivity contribution < 1.29 is 4.79 Å². The van der Waals surface area contributed by atoms with E-state index >= 15 is 0 Å². The molecule has 0 saturated carbocycles. The van der Waals surface area contributed by atoms with Gasteiger partial charge in [-0.1, -0.05) is 19.9 Å². The molecule has 0 aliphatic rings. The highest BCUT2D eigenvalue weighted by Gasteiger charge is 2.16. The molecule has 0 aromatic carbocycles. The first-order valence-corrected chi connectivity index (χ1v) is 3.76. The Bertz CT molecular complexity index is 138. The topological polar surface area (TPSA) is 17.1 Å². The van der Waals surface area contributed by atoms with E-state index in [4.69, 9.17) is 11.6 Å². The van der Waals surface area contributed by atoms with Gasteiger partial charge in [0.15, 0.2) is 0 Å². The molecule has 0 saturated heterocycles. The van der Waals surface area contributed by atoms with Crippen LogP contribution in [0.25, 0.3) is 0 Å². The largest absolute Gasteiger partial charge is 0.298 e. The molecule has 0 fully saturated rings. The molecular weight excluding hydrogens is 148 g/mol. The first-order valence-electron chi connectivity index (χ1n) is 3.23. The SMILES string of the molecule is C=CC(C)(C)CC(=O)CCl. The number of alkyl halides is 1. The Kier molecular flexibility index (Phi) is 3.66. The molecule has 0 bridgehead atoms. The fourth-order valence-electron chi connectivity index (χ4n) is 0.628. The minimum absolute atomic E-state index is 0.0755. The van der Waals surface area contributed by atoms with E-state index in [-0.39, 0.29) is 17.1 Å². The highest BCUT2D eigenvalue weighted by atomic mass is 35.5. The Morgan fingerprint density at radius 2 is 2.20 bits per heavy atom. The van der Waals surface area contributed by atoms with Crippen molar-refractivity contribution in [2.75, 3.05) is 5.88 Å². The van der Waals surface area contributed by atoms with Gasteiger partial charge in [0.1, 0.15) is 5.78 Å². The zero-order valence-corrected chi connectivity index (χ0v) is 7.24. The van der Waals surface area contributed by atoms with Crippen LogP contribution in [0.2, 0.25) is 0 Å². The van der Waals surface area contributed by atoms with E-state index in [1.54, 1.807) is 6.08 Å². The number of Topliss-reactive ketones (excluding diaryl/α,β-unsaturated/α-hetero) is 1. The molecule has 58 valence electrons. The lowest BCUT2D eigenvalue weighted by molar-refractivity contribution is -0.118. The minimum Gasteiger partial charge on any atom is -0.298 e. The number of ketones is 1. The van der Waals surface area contributed by atoms with Crippen molar-refractivity contribution in [1.82, 2.24) is 0 Å². The number of allylic oxidation sites excluding steroid dienone is 1. The quantitative estimate of drug-likeness (QED) is 0.456. The molecule has 0 aromatic rings. The molecule has 0 atom stereocenters. The van der Waals surface area contributed by atoms with Crippen LogP contribution in [0.1, 0.15) is 20.3 Å². The third-order valence-corrected chi connectivity index (χ3v) is 1.65. The Morgan fingerprint density at radius 1 is 1.70 bits per heavy atom. The summed E-state index contributed by atoms with van der Waals surface area (Å²) in [5, 5.41) is 0. The van der Waals surface area contributed by atoms with Gasteiger partial charge in [-0.25, -0.2) is 0 Å². The summed E-state index contributed by atoms with van der Waals surface area (Å²) >= 11 is 5.33. The Morgan fingerprint density at radius 3 is 2.50 bits per heavy atom. The lowest BCUT2D eigenvalue weighted by atomic mass is 9.88. The minimum atomic E-state index is -0.105.